The number of thioether (sulfide) groups is 1. The van der Waals surface area contributed by atoms with E-state index >= 15 is 0 Å². The van der Waals surface area contributed by atoms with Gasteiger partial charge in [-0.15, -0.1) is 11.8 Å². The van der Waals surface area contributed by atoms with Gasteiger partial charge in [0.05, 0.1) is 12.2 Å². The quantitative estimate of drug-likeness (QED) is 0.554. The lowest BCUT2D eigenvalue weighted by atomic mass is 10.3. The zero-order valence-electron chi connectivity index (χ0n) is 5.62. The Morgan fingerprint density at radius 1 is 1.90 bits per heavy atom. The monoisotopic (exact) mass is 160 g/mol. The number of ether oxygens (including phenoxy) is 1. The fourth-order valence-corrected chi connectivity index (χ4v) is 1.63. The Morgan fingerprint density at radius 3 is 3.00 bits per heavy atom. The fourth-order valence-electron chi connectivity index (χ4n) is 0.711. The number of rotatable bonds is 2. The molecule has 1 rings (SSSR count). The molecule has 0 aliphatic carbocycles. The van der Waals surface area contributed by atoms with Gasteiger partial charge in [-0.1, -0.05) is 0 Å². The smallest absolute Gasteiger partial charge is 0.317 e. The topological polar surface area (TPSA) is 43.4 Å². The average molecular weight is 160 g/mol. The summed E-state index contributed by atoms with van der Waals surface area (Å²) in [5.41, 5.74) is -0.218. The van der Waals surface area contributed by atoms with E-state index in [2.05, 4.69) is 0 Å². The first kappa shape index (κ1) is 7.60. The second-order valence-electron chi connectivity index (χ2n) is 2.14. The van der Waals surface area contributed by atoms with Crippen molar-refractivity contribution >= 4 is 23.5 Å². The summed E-state index contributed by atoms with van der Waals surface area (Å²) in [5, 5.41) is 0. The first-order chi connectivity index (χ1) is 4.68. The fraction of sp³-hybridized carbons (Fsp3) is 0.667. The van der Waals surface area contributed by atoms with E-state index in [1.54, 1.807) is 0 Å². The van der Waals surface area contributed by atoms with Crippen LogP contribution in [-0.4, -0.2) is 22.9 Å². The molecule has 4 heteroatoms. The van der Waals surface area contributed by atoms with E-state index in [1.165, 1.54) is 18.7 Å². The average Bonchev–Trinajstić information content (AvgIpc) is 2.13. The molecule has 0 bridgehead atoms. The molecule has 0 amide bonds. The zero-order chi connectivity index (χ0) is 7.56. The minimum absolute atomic E-state index is 0.0622. The number of Topliss-reactive ketones (excluding diaryl/α,β-unsaturated/α-hetero) is 1. The van der Waals surface area contributed by atoms with Gasteiger partial charge in [0.1, 0.15) is 5.78 Å². The van der Waals surface area contributed by atoms with Gasteiger partial charge < -0.3 is 4.74 Å². The third-order valence-corrected chi connectivity index (χ3v) is 2.14. The summed E-state index contributed by atoms with van der Waals surface area (Å²) in [6.45, 7) is 1.49. The van der Waals surface area contributed by atoms with Crippen LogP contribution < -0.4 is 0 Å². The van der Waals surface area contributed by atoms with E-state index in [1.807, 2.05) is 0 Å². The van der Waals surface area contributed by atoms with Gasteiger partial charge >= 0.3 is 5.97 Å². The summed E-state index contributed by atoms with van der Waals surface area (Å²) in [5.74, 6) is 0.237. The molecular weight excluding hydrogens is 152 g/mol. The van der Waals surface area contributed by atoms with E-state index in [0.29, 0.717) is 12.2 Å². The predicted molar refractivity (Wildman–Crippen MR) is 37.6 cm³/mol. The Balaban J connectivity index is 2.31. The molecule has 0 saturated carbocycles. The Kier molecular flexibility index (Phi) is 2.32. The third-order valence-electron chi connectivity index (χ3n) is 1.10. The van der Waals surface area contributed by atoms with E-state index in [9.17, 15) is 9.59 Å². The minimum atomic E-state index is -0.218. The summed E-state index contributed by atoms with van der Waals surface area (Å²) in [6.07, 6.45) is 0.344. The Hall–Kier alpha value is -0.510. The maximum Gasteiger partial charge on any atom is 0.317 e. The number of ketones is 1. The highest BCUT2D eigenvalue weighted by Crippen LogP contribution is 2.23. The molecule has 0 aromatic heterocycles. The van der Waals surface area contributed by atoms with Crippen LogP contribution in [0.4, 0.5) is 0 Å². The third kappa shape index (κ3) is 2.02. The molecule has 0 aromatic rings. The van der Waals surface area contributed by atoms with Crippen molar-refractivity contribution in [3.63, 3.8) is 0 Å². The number of hydrogen-bond donors (Lipinski definition) is 0. The number of carbonyl (C=O) groups excluding carboxylic acids is 2. The molecule has 3 nitrogen and oxygen atoms in total. The van der Waals surface area contributed by atoms with Crippen molar-refractivity contribution < 1.29 is 14.3 Å². The van der Waals surface area contributed by atoms with Gasteiger partial charge in [0.15, 0.2) is 5.44 Å². The van der Waals surface area contributed by atoms with Crippen LogP contribution in [0.2, 0.25) is 0 Å². The molecular formula is C6H8O3S. The SMILES string of the molecule is CC(=O)C[C@H]1OC(=O)CS1. The molecule has 1 heterocycles. The maximum absolute atomic E-state index is 10.5. The van der Waals surface area contributed by atoms with E-state index in [4.69, 9.17) is 4.74 Å². The van der Waals surface area contributed by atoms with Gasteiger partial charge in [0, 0.05) is 0 Å². The number of hydrogen-bond acceptors (Lipinski definition) is 4. The molecule has 0 unspecified atom stereocenters. The van der Waals surface area contributed by atoms with Crippen LogP contribution in [0.5, 0.6) is 0 Å². The molecule has 56 valence electrons. The highest BCUT2D eigenvalue weighted by atomic mass is 32.2. The Morgan fingerprint density at radius 2 is 2.60 bits per heavy atom. The second kappa shape index (κ2) is 3.05. The molecule has 1 aliphatic rings. The molecule has 1 aliphatic heterocycles. The summed E-state index contributed by atoms with van der Waals surface area (Å²) in [6, 6.07) is 0. The molecule has 0 aromatic carbocycles. The molecule has 10 heavy (non-hydrogen) atoms. The predicted octanol–water partition coefficient (Wildman–Crippen LogP) is 0.582. The van der Waals surface area contributed by atoms with Crippen LogP contribution >= 0.6 is 11.8 Å². The summed E-state index contributed by atoms with van der Waals surface area (Å²) < 4.78 is 4.78. The van der Waals surface area contributed by atoms with E-state index < -0.39 is 0 Å². The summed E-state index contributed by atoms with van der Waals surface area (Å²) in [7, 11) is 0. The first-order valence-corrected chi connectivity index (χ1v) is 4.04. The van der Waals surface area contributed by atoms with Crippen molar-refractivity contribution in [1.29, 1.82) is 0 Å². The lowest BCUT2D eigenvalue weighted by molar-refractivity contribution is -0.140. The number of cyclic esters (lactones) is 1. The molecule has 0 spiro atoms. The van der Waals surface area contributed by atoms with Gasteiger partial charge in [-0.25, -0.2) is 0 Å². The van der Waals surface area contributed by atoms with Gasteiger partial charge in [-0.05, 0) is 6.92 Å². The van der Waals surface area contributed by atoms with E-state index in [0.717, 1.165) is 0 Å². The largest absolute Gasteiger partial charge is 0.450 e. The highest BCUT2D eigenvalue weighted by molar-refractivity contribution is 8.00. The second-order valence-corrected chi connectivity index (χ2v) is 3.28. The lowest BCUT2D eigenvalue weighted by Crippen LogP contribution is -2.08. The molecule has 1 atom stereocenters. The van der Waals surface area contributed by atoms with Gasteiger partial charge in [-0.2, -0.15) is 0 Å². The van der Waals surface area contributed by atoms with Crippen molar-refractivity contribution in [1.82, 2.24) is 0 Å². The van der Waals surface area contributed by atoms with Gasteiger partial charge in [0.2, 0.25) is 0 Å². The van der Waals surface area contributed by atoms with Crippen molar-refractivity contribution in [2.75, 3.05) is 5.75 Å². The van der Waals surface area contributed by atoms with Crippen LogP contribution in [0, 0.1) is 0 Å². The van der Waals surface area contributed by atoms with Crippen LogP contribution in [0.25, 0.3) is 0 Å². The normalized spacial score (nSPS) is 24.5. The minimum Gasteiger partial charge on any atom is -0.450 e. The van der Waals surface area contributed by atoms with E-state index in [-0.39, 0.29) is 17.2 Å². The Labute approximate surface area is 63.1 Å². The molecule has 1 saturated heterocycles. The van der Waals surface area contributed by atoms with Crippen LogP contribution in [0.3, 0.4) is 0 Å². The van der Waals surface area contributed by atoms with Crippen LogP contribution in [0.15, 0.2) is 0 Å². The molecule has 0 N–H and O–H groups in total. The number of carbonyl (C=O) groups is 2. The summed E-state index contributed by atoms with van der Waals surface area (Å²) in [4.78, 5) is 21.0. The van der Waals surface area contributed by atoms with Crippen LogP contribution in [-0.2, 0) is 14.3 Å². The highest BCUT2D eigenvalue weighted by Gasteiger charge is 2.24. The van der Waals surface area contributed by atoms with Crippen molar-refractivity contribution in [3.8, 4) is 0 Å². The standard InChI is InChI=1S/C6H8O3S/c1-4(7)2-6-9-5(8)3-10-6/h6H,2-3H2,1H3/t6-/m0/s1. The summed E-state index contributed by atoms with van der Waals surface area (Å²) >= 11 is 1.39. The first-order valence-electron chi connectivity index (χ1n) is 2.99. The molecule has 1 fully saturated rings. The van der Waals surface area contributed by atoms with Crippen molar-refractivity contribution in [2.45, 2.75) is 18.8 Å². The lowest BCUT2D eigenvalue weighted by Gasteiger charge is -2.03. The number of esters is 1. The Bertz CT molecular complexity index is 166. The van der Waals surface area contributed by atoms with Gasteiger partial charge in [0.25, 0.3) is 0 Å². The zero-order valence-corrected chi connectivity index (χ0v) is 6.44. The van der Waals surface area contributed by atoms with Gasteiger partial charge in [-0.3, -0.25) is 9.59 Å². The van der Waals surface area contributed by atoms with Crippen molar-refractivity contribution in [3.05, 3.63) is 0 Å². The van der Waals surface area contributed by atoms with Crippen molar-refractivity contribution in [2.24, 2.45) is 0 Å². The molecule has 0 radical (unpaired) electrons. The maximum atomic E-state index is 10.5. The van der Waals surface area contributed by atoms with Crippen LogP contribution in [0.1, 0.15) is 13.3 Å².